The van der Waals surface area contributed by atoms with Gasteiger partial charge in [0, 0.05) is 11.8 Å². The third kappa shape index (κ3) is 2.25. The van der Waals surface area contributed by atoms with Gasteiger partial charge in [-0.2, -0.15) is 5.10 Å². The molecule has 1 heterocycles. The lowest BCUT2D eigenvalue weighted by Crippen LogP contribution is -2.06. The Balaban J connectivity index is 2.73. The van der Waals surface area contributed by atoms with Crippen LogP contribution in [0.5, 0.6) is 0 Å². The molecule has 0 aliphatic carbocycles. The van der Waals surface area contributed by atoms with E-state index in [1.54, 1.807) is 13.1 Å². The van der Waals surface area contributed by atoms with Crippen LogP contribution in [0.15, 0.2) is 10.8 Å². The first-order valence-electron chi connectivity index (χ1n) is 3.07. The van der Waals surface area contributed by atoms with Gasteiger partial charge in [-0.05, 0) is 22.9 Å². The monoisotopic (exact) mass is 224 g/mol. The molecule has 0 atom stereocenters. The maximum absolute atomic E-state index is 11.8. The van der Waals surface area contributed by atoms with Gasteiger partial charge in [0.2, 0.25) is 0 Å². The van der Waals surface area contributed by atoms with Crippen molar-refractivity contribution in [3.63, 3.8) is 0 Å². The van der Waals surface area contributed by atoms with E-state index in [4.69, 9.17) is 0 Å². The van der Waals surface area contributed by atoms with Crippen molar-refractivity contribution >= 4 is 15.9 Å². The summed E-state index contributed by atoms with van der Waals surface area (Å²) < 4.78 is 25.4. The summed E-state index contributed by atoms with van der Waals surface area (Å²) in [6.45, 7) is 1.46. The SMILES string of the molecule is Cc1cn(CC(F)F)nc1Br. The van der Waals surface area contributed by atoms with E-state index in [0.717, 1.165) is 5.56 Å². The smallest absolute Gasteiger partial charge is 0.257 e. The third-order valence-corrected chi connectivity index (χ3v) is 1.99. The second-order valence-electron chi connectivity index (χ2n) is 2.22. The van der Waals surface area contributed by atoms with Crippen LogP contribution in [0.3, 0.4) is 0 Å². The predicted octanol–water partition coefficient (Wildman–Crippen LogP) is 2.22. The minimum absolute atomic E-state index is 0.341. The highest BCUT2D eigenvalue weighted by Gasteiger charge is 2.06. The lowest BCUT2D eigenvalue weighted by atomic mass is 10.4. The summed E-state index contributed by atoms with van der Waals surface area (Å²) in [7, 11) is 0. The molecule has 0 aromatic carbocycles. The Morgan fingerprint density at radius 1 is 1.73 bits per heavy atom. The number of hydrogen-bond donors (Lipinski definition) is 0. The van der Waals surface area contributed by atoms with E-state index in [2.05, 4.69) is 21.0 Å². The molecule has 62 valence electrons. The molecule has 1 aromatic rings. The van der Waals surface area contributed by atoms with Crippen LogP contribution in [0.4, 0.5) is 8.78 Å². The van der Waals surface area contributed by atoms with Gasteiger partial charge in [-0.25, -0.2) is 8.78 Å². The first-order valence-corrected chi connectivity index (χ1v) is 3.86. The number of aromatic nitrogens is 2. The third-order valence-electron chi connectivity index (χ3n) is 1.21. The minimum atomic E-state index is -2.35. The molecule has 2 nitrogen and oxygen atoms in total. The summed E-state index contributed by atoms with van der Waals surface area (Å²) in [6.07, 6.45) is -0.767. The van der Waals surface area contributed by atoms with Crippen LogP contribution in [-0.2, 0) is 6.54 Å². The van der Waals surface area contributed by atoms with Gasteiger partial charge in [-0.1, -0.05) is 0 Å². The quantitative estimate of drug-likeness (QED) is 0.754. The fourth-order valence-corrected chi connectivity index (χ4v) is 1.04. The maximum atomic E-state index is 11.8. The zero-order chi connectivity index (χ0) is 8.43. The van der Waals surface area contributed by atoms with Gasteiger partial charge >= 0.3 is 0 Å². The topological polar surface area (TPSA) is 17.8 Å². The fourth-order valence-electron chi connectivity index (χ4n) is 0.732. The number of nitrogens with zero attached hydrogens (tertiary/aromatic N) is 2. The standard InChI is InChI=1S/C6H7BrF2N2/c1-4-2-11(3-5(8)9)10-6(4)7/h2,5H,3H2,1H3. The molecule has 0 saturated carbocycles. The molecule has 0 unspecified atom stereocenters. The number of aryl methyl sites for hydroxylation is 1. The Labute approximate surface area is 71.3 Å². The van der Waals surface area contributed by atoms with Crippen LogP contribution in [0.25, 0.3) is 0 Å². The van der Waals surface area contributed by atoms with Crippen LogP contribution in [-0.4, -0.2) is 16.2 Å². The summed E-state index contributed by atoms with van der Waals surface area (Å²) in [5, 5.41) is 3.80. The molecule has 0 radical (unpaired) electrons. The van der Waals surface area contributed by atoms with Crippen molar-refractivity contribution < 1.29 is 8.78 Å². The maximum Gasteiger partial charge on any atom is 0.257 e. The molecule has 11 heavy (non-hydrogen) atoms. The van der Waals surface area contributed by atoms with E-state index >= 15 is 0 Å². The van der Waals surface area contributed by atoms with Crippen LogP contribution in [0.2, 0.25) is 0 Å². The Morgan fingerprint density at radius 2 is 2.36 bits per heavy atom. The van der Waals surface area contributed by atoms with Crippen molar-refractivity contribution in [2.45, 2.75) is 19.9 Å². The Kier molecular flexibility index (Phi) is 2.59. The van der Waals surface area contributed by atoms with E-state index in [9.17, 15) is 8.78 Å². The summed E-state index contributed by atoms with van der Waals surface area (Å²) >= 11 is 3.13. The number of halogens is 3. The normalized spacial score (nSPS) is 11.0. The number of alkyl halides is 2. The van der Waals surface area contributed by atoms with Gasteiger partial charge in [0.1, 0.15) is 11.1 Å². The minimum Gasteiger partial charge on any atom is -0.266 e. The predicted molar refractivity (Wildman–Crippen MR) is 40.7 cm³/mol. The number of hydrogen-bond acceptors (Lipinski definition) is 1. The van der Waals surface area contributed by atoms with Crippen LogP contribution < -0.4 is 0 Å². The van der Waals surface area contributed by atoms with Gasteiger partial charge in [-0.3, -0.25) is 4.68 Å². The van der Waals surface area contributed by atoms with Gasteiger partial charge in [0.05, 0.1) is 0 Å². The second-order valence-corrected chi connectivity index (χ2v) is 2.97. The molecule has 0 aliphatic rings. The highest BCUT2D eigenvalue weighted by Crippen LogP contribution is 2.12. The number of rotatable bonds is 2. The molecule has 0 bridgehead atoms. The molecular weight excluding hydrogens is 218 g/mol. The molecule has 1 aromatic heterocycles. The first kappa shape index (κ1) is 8.64. The average Bonchev–Trinajstić information content (AvgIpc) is 2.10. The van der Waals surface area contributed by atoms with Crippen molar-refractivity contribution in [3.05, 3.63) is 16.4 Å². The summed E-state index contributed by atoms with van der Waals surface area (Å²) in [4.78, 5) is 0. The Morgan fingerprint density at radius 3 is 2.73 bits per heavy atom. The molecule has 0 N–H and O–H groups in total. The molecule has 0 spiro atoms. The molecule has 0 fully saturated rings. The van der Waals surface area contributed by atoms with Crippen molar-refractivity contribution in [2.75, 3.05) is 0 Å². The van der Waals surface area contributed by atoms with Crippen LogP contribution >= 0.6 is 15.9 Å². The largest absolute Gasteiger partial charge is 0.266 e. The summed E-state index contributed by atoms with van der Waals surface area (Å²) in [6, 6.07) is 0. The second kappa shape index (κ2) is 3.30. The van der Waals surface area contributed by atoms with E-state index < -0.39 is 6.43 Å². The Hall–Kier alpha value is -0.450. The first-order chi connectivity index (χ1) is 5.09. The molecule has 0 saturated heterocycles. The van der Waals surface area contributed by atoms with Crippen molar-refractivity contribution in [1.29, 1.82) is 0 Å². The zero-order valence-corrected chi connectivity index (χ0v) is 7.48. The van der Waals surface area contributed by atoms with E-state index in [-0.39, 0.29) is 6.54 Å². The molecular formula is C6H7BrF2N2. The highest BCUT2D eigenvalue weighted by atomic mass is 79.9. The fraction of sp³-hybridized carbons (Fsp3) is 0.500. The van der Waals surface area contributed by atoms with E-state index in [1.165, 1.54) is 4.68 Å². The Bertz CT molecular complexity index is 227. The molecule has 0 aliphatic heterocycles. The van der Waals surface area contributed by atoms with Crippen LogP contribution in [0.1, 0.15) is 5.56 Å². The lowest BCUT2D eigenvalue weighted by Gasteiger charge is -1.97. The zero-order valence-electron chi connectivity index (χ0n) is 5.89. The lowest BCUT2D eigenvalue weighted by molar-refractivity contribution is 0.121. The highest BCUT2D eigenvalue weighted by molar-refractivity contribution is 9.10. The van der Waals surface area contributed by atoms with E-state index in [1.807, 2.05) is 0 Å². The molecule has 5 heteroatoms. The van der Waals surface area contributed by atoms with Gasteiger partial charge in [0.25, 0.3) is 6.43 Å². The van der Waals surface area contributed by atoms with Crippen molar-refractivity contribution in [1.82, 2.24) is 9.78 Å². The van der Waals surface area contributed by atoms with Gasteiger partial charge < -0.3 is 0 Å². The van der Waals surface area contributed by atoms with Crippen molar-refractivity contribution in [2.24, 2.45) is 0 Å². The molecule has 0 amide bonds. The summed E-state index contributed by atoms with van der Waals surface area (Å²) in [5.74, 6) is 0. The molecule has 1 rings (SSSR count). The van der Waals surface area contributed by atoms with Crippen molar-refractivity contribution in [3.8, 4) is 0 Å². The average molecular weight is 225 g/mol. The van der Waals surface area contributed by atoms with Gasteiger partial charge in [-0.15, -0.1) is 0 Å². The van der Waals surface area contributed by atoms with E-state index in [0.29, 0.717) is 4.60 Å². The van der Waals surface area contributed by atoms with Gasteiger partial charge in [0.15, 0.2) is 0 Å². The summed E-state index contributed by atoms with van der Waals surface area (Å²) in [5.41, 5.74) is 0.866. The van der Waals surface area contributed by atoms with Crippen LogP contribution in [0, 0.1) is 6.92 Å².